The van der Waals surface area contributed by atoms with Gasteiger partial charge in [-0.2, -0.15) is 0 Å². The Morgan fingerprint density at radius 2 is 2.05 bits per heavy atom. The van der Waals surface area contributed by atoms with E-state index in [1.807, 2.05) is 31.7 Å². The van der Waals surface area contributed by atoms with E-state index >= 15 is 0 Å². The number of carbonyl (C=O) groups excluding carboxylic acids is 1. The number of nitrogens with zero attached hydrogens (tertiary/aromatic N) is 1. The average Bonchev–Trinajstić information content (AvgIpc) is 3.07. The standard InChI is InChI=1S/C18H26N2O2/c1-17(2,3)22-16(21)20-11-15(14-7-5-4-6-8-14)18(13-20)9-10-19-12-18/h4-8,15,19H,9-13H2,1-3H3/t15?,18-/m0/s1. The normalized spacial score (nSPS) is 28.3. The van der Waals surface area contributed by atoms with E-state index in [1.165, 1.54) is 5.56 Å². The maximum Gasteiger partial charge on any atom is 0.410 e. The molecule has 120 valence electrons. The molecule has 1 unspecified atom stereocenters. The van der Waals surface area contributed by atoms with Crippen LogP contribution in [0.25, 0.3) is 0 Å². The van der Waals surface area contributed by atoms with Crippen molar-refractivity contribution in [3.05, 3.63) is 35.9 Å². The molecule has 1 spiro atoms. The number of amides is 1. The number of ether oxygens (including phenoxy) is 1. The van der Waals surface area contributed by atoms with Crippen LogP contribution in [0.3, 0.4) is 0 Å². The topological polar surface area (TPSA) is 41.6 Å². The van der Waals surface area contributed by atoms with Gasteiger partial charge in [0.15, 0.2) is 0 Å². The zero-order valence-corrected chi connectivity index (χ0v) is 13.8. The van der Waals surface area contributed by atoms with Crippen molar-refractivity contribution in [2.75, 3.05) is 26.2 Å². The fourth-order valence-corrected chi connectivity index (χ4v) is 3.77. The van der Waals surface area contributed by atoms with E-state index < -0.39 is 5.60 Å². The van der Waals surface area contributed by atoms with E-state index in [9.17, 15) is 4.79 Å². The van der Waals surface area contributed by atoms with Gasteiger partial charge in [0.25, 0.3) is 0 Å². The first-order chi connectivity index (χ1) is 10.4. The van der Waals surface area contributed by atoms with E-state index in [0.29, 0.717) is 5.92 Å². The van der Waals surface area contributed by atoms with Crippen LogP contribution >= 0.6 is 0 Å². The summed E-state index contributed by atoms with van der Waals surface area (Å²) in [6.45, 7) is 9.31. The van der Waals surface area contributed by atoms with Crippen molar-refractivity contribution < 1.29 is 9.53 Å². The van der Waals surface area contributed by atoms with Crippen molar-refractivity contribution in [1.82, 2.24) is 10.2 Å². The molecule has 2 aliphatic rings. The number of likely N-dealkylation sites (tertiary alicyclic amines) is 1. The molecular weight excluding hydrogens is 276 g/mol. The van der Waals surface area contributed by atoms with Crippen molar-refractivity contribution >= 4 is 6.09 Å². The van der Waals surface area contributed by atoms with Crippen molar-refractivity contribution in [3.63, 3.8) is 0 Å². The van der Waals surface area contributed by atoms with Gasteiger partial charge in [0, 0.05) is 31.0 Å². The van der Waals surface area contributed by atoms with Crippen LogP contribution in [0.1, 0.15) is 38.7 Å². The fourth-order valence-electron chi connectivity index (χ4n) is 3.77. The lowest BCUT2D eigenvalue weighted by Gasteiger charge is -2.29. The van der Waals surface area contributed by atoms with E-state index in [0.717, 1.165) is 32.6 Å². The number of hydrogen-bond acceptors (Lipinski definition) is 3. The summed E-state index contributed by atoms with van der Waals surface area (Å²) in [5, 5.41) is 3.48. The molecule has 1 aromatic carbocycles. The van der Waals surface area contributed by atoms with Crippen LogP contribution in [0.5, 0.6) is 0 Å². The van der Waals surface area contributed by atoms with Crippen LogP contribution in [0.4, 0.5) is 4.79 Å². The summed E-state index contributed by atoms with van der Waals surface area (Å²) in [6.07, 6.45) is 0.934. The van der Waals surface area contributed by atoms with Gasteiger partial charge in [0.1, 0.15) is 5.60 Å². The smallest absolute Gasteiger partial charge is 0.410 e. The Morgan fingerprint density at radius 3 is 2.64 bits per heavy atom. The molecule has 4 nitrogen and oxygen atoms in total. The Morgan fingerprint density at radius 1 is 1.32 bits per heavy atom. The maximum absolute atomic E-state index is 12.5. The second kappa shape index (κ2) is 5.58. The molecule has 1 N–H and O–H groups in total. The summed E-state index contributed by atoms with van der Waals surface area (Å²) in [4.78, 5) is 14.4. The van der Waals surface area contributed by atoms with Crippen LogP contribution in [0, 0.1) is 5.41 Å². The van der Waals surface area contributed by atoms with Gasteiger partial charge in [-0.1, -0.05) is 30.3 Å². The monoisotopic (exact) mass is 302 g/mol. The predicted molar refractivity (Wildman–Crippen MR) is 86.9 cm³/mol. The summed E-state index contributed by atoms with van der Waals surface area (Å²) in [6, 6.07) is 10.6. The number of hydrogen-bond donors (Lipinski definition) is 1. The van der Waals surface area contributed by atoms with Crippen LogP contribution < -0.4 is 5.32 Å². The largest absolute Gasteiger partial charge is 0.444 e. The summed E-state index contributed by atoms with van der Waals surface area (Å²) in [5.41, 5.74) is 1.04. The Kier molecular flexibility index (Phi) is 3.89. The second-order valence-corrected chi connectivity index (χ2v) is 7.61. The lowest BCUT2D eigenvalue weighted by atomic mass is 9.74. The molecule has 22 heavy (non-hydrogen) atoms. The molecule has 3 rings (SSSR count). The average molecular weight is 302 g/mol. The van der Waals surface area contributed by atoms with Gasteiger partial charge in [-0.3, -0.25) is 0 Å². The minimum absolute atomic E-state index is 0.151. The SMILES string of the molecule is CC(C)(C)OC(=O)N1CC(c2ccccc2)[C@]2(CCNC2)C1. The van der Waals surface area contributed by atoms with E-state index in [1.54, 1.807) is 0 Å². The predicted octanol–water partition coefficient (Wildman–Crippen LogP) is 3.00. The zero-order valence-electron chi connectivity index (χ0n) is 13.8. The van der Waals surface area contributed by atoms with Crippen molar-refractivity contribution in [1.29, 1.82) is 0 Å². The van der Waals surface area contributed by atoms with Gasteiger partial charge in [-0.15, -0.1) is 0 Å². The first-order valence-corrected chi connectivity index (χ1v) is 8.13. The van der Waals surface area contributed by atoms with Gasteiger partial charge in [-0.05, 0) is 39.3 Å². The van der Waals surface area contributed by atoms with Gasteiger partial charge in [0.05, 0.1) is 0 Å². The quantitative estimate of drug-likeness (QED) is 0.867. The summed E-state index contributed by atoms with van der Waals surface area (Å²) in [5.74, 6) is 0.385. The molecule has 2 saturated heterocycles. The van der Waals surface area contributed by atoms with E-state index in [4.69, 9.17) is 4.74 Å². The maximum atomic E-state index is 12.5. The Balaban J connectivity index is 1.82. The van der Waals surface area contributed by atoms with E-state index in [-0.39, 0.29) is 11.5 Å². The third-order valence-electron chi connectivity index (χ3n) is 4.78. The molecule has 0 aliphatic carbocycles. The van der Waals surface area contributed by atoms with Crippen molar-refractivity contribution in [3.8, 4) is 0 Å². The molecule has 2 heterocycles. The van der Waals surface area contributed by atoms with Gasteiger partial charge in [0.2, 0.25) is 0 Å². The Bertz CT molecular complexity index is 530. The molecule has 2 fully saturated rings. The summed E-state index contributed by atoms with van der Waals surface area (Å²) in [7, 11) is 0. The van der Waals surface area contributed by atoms with E-state index in [2.05, 4.69) is 29.6 Å². The molecule has 2 atom stereocenters. The highest BCUT2D eigenvalue weighted by Gasteiger charge is 2.50. The van der Waals surface area contributed by atoms with Gasteiger partial charge >= 0.3 is 6.09 Å². The molecule has 4 heteroatoms. The first kappa shape index (κ1) is 15.3. The molecular formula is C18H26N2O2. The highest BCUT2D eigenvalue weighted by atomic mass is 16.6. The van der Waals surface area contributed by atoms with Crippen LogP contribution in [-0.4, -0.2) is 42.8 Å². The summed E-state index contributed by atoms with van der Waals surface area (Å²) >= 11 is 0. The van der Waals surface area contributed by atoms with Crippen LogP contribution in [0.15, 0.2) is 30.3 Å². The molecule has 0 bridgehead atoms. The molecule has 1 aromatic rings. The number of rotatable bonds is 1. The number of benzene rings is 1. The minimum Gasteiger partial charge on any atom is -0.444 e. The Labute approximate surface area is 132 Å². The Hall–Kier alpha value is -1.55. The summed E-state index contributed by atoms with van der Waals surface area (Å²) < 4.78 is 5.58. The fraction of sp³-hybridized carbons (Fsp3) is 0.611. The lowest BCUT2D eigenvalue weighted by molar-refractivity contribution is 0.0275. The number of nitrogens with one attached hydrogen (secondary N) is 1. The minimum atomic E-state index is -0.441. The van der Waals surface area contributed by atoms with Crippen LogP contribution in [-0.2, 0) is 4.74 Å². The highest BCUT2D eigenvalue weighted by molar-refractivity contribution is 5.69. The molecule has 0 radical (unpaired) electrons. The van der Waals surface area contributed by atoms with Crippen molar-refractivity contribution in [2.24, 2.45) is 5.41 Å². The lowest BCUT2D eigenvalue weighted by Crippen LogP contribution is -2.37. The molecule has 1 amide bonds. The first-order valence-electron chi connectivity index (χ1n) is 8.13. The molecule has 0 aromatic heterocycles. The molecule has 2 aliphatic heterocycles. The third kappa shape index (κ3) is 2.98. The third-order valence-corrected chi connectivity index (χ3v) is 4.78. The zero-order chi connectivity index (χ0) is 15.8. The van der Waals surface area contributed by atoms with Crippen LogP contribution in [0.2, 0.25) is 0 Å². The second-order valence-electron chi connectivity index (χ2n) is 7.61. The van der Waals surface area contributed by atoms with Gasteiger partial charge < -0.3 is 15.0 Å². The number of carbonyl (C=O) groups is 1. The van der Waals surface area contributed by atoms with Gasteiger partial charge in [-0.25, -0.2) is 4.79 Å². The van der Waals surface area contributed by atoms with Crippen molar-refractivity contribution in [2.45, 2.75) is 38.7 Å². The highest BCUT2D eigenvalue weighted by Crippen LogP contribution is 2.47. The molecule has 0 saturated carbocycles.